The van der Waals surface area contributed by atoms with Crippen molar-refractivity contribution in [3.05, 3.63) is 0 Å². The first kappa shape index (κ1) is 17.9. The van der Waals surface area contributed by atoms with Crippen LogP contribution < -0.4 is 11.7 Å². The van der Waals surface area contributed by atoms with Gasteiger partial charge in [0.1, 0.15) is 13.2 Å². The van der Waals surface area contributed by atoms with Crippen LogP contribution in [0.4, 0.5) is 0 Å². The van der Waals surface area contributed by atoms with Gasteiger partial charge in [0.05, 0.1) is 12.8 Å². The summed E-state index contributed by atoms with van der Waals surface area (Å²) < 4.78 is 9.76. The third kappa shape index (κ3) is 9.86. The van der Waals surface area contributed by atoms with Crippen molar-refractivity contribution in [2.24, 2.45) is 21.9 Å². The summed E-state index contributed by atoms with van der Waals surface area (Å²) in [5.41, 5.74) is 1.34. The summed E-state index contributed by atoms with van der Waals surface area (Å²) in [7, 11) is 0. The van der Waals surface area contributed by atoms with E-state index in [2.05, 4.69) is 10.2 Å². The van der Waals surface area contributed by atoms with Crippen LogP contribution in [-0.4, -0.2) is 36.6 Å². The molecule has 0 aromatic rings. The van der Waals surface area contributed by atoms with E-state index in [1.165, 1.54) is 0 Å². The number of hydrazone groups is 2. The van der Waals surface area contributed by atoms with E-state index >= 15 is 0 Å². The van der Waals surface area contributed by atoms with Gasteiger partial charge >= 0.3 is 11.9 Å². The average Bonchev–Trinajstić information content (AvgIpc) is 2.46. The zero-order valence-corrected chi connectivity index (χ0v) is 11.9. The van der Waals surface area contributed by atoms with Crippen LogP contribution in [0.15, 0.2) is 10.2 Å². The lowest BCUT2D eigenvalue weighted by atomic mass is 10.2. The third-order valence-corrected chi connectivity index (χ3v) is 2.43. The maximum atomic E-state index is 11.3. The Labute approximate surface area is 118 Å². The van der Waals surface area contributed by atoms with Crippen LogP contribution in [0.5, 0.6) is 0 Å². The van der Waals surface area contributed by atoms with Gasteiger partial charge in [-0.05, 0) is 26.7 Å². The van der Waals surface area contributed by atoms with Crippen molar-refractivity contribution >= 4 is 23.4 Å². The molecule has 0 saturated heterocycles. The lowest BCUT2D eigenvalue weighted by molar-refractivity contribution is -0.152. The number of carbonyl (C=O) groups is 2. The Hall–Kier alpha value is -2.12. The molecule has 8 heteroatoms. The first-order valence-electron chi connectivity index (χ1n) is 6.27. The Morgan fingerprint density at radius 3 is 1.45 bits per heavy atom. The predicted octanol–water partition coefficient (Wildman–Crippen LogP) is 0.302. The van der Waals surface area contributed by atoms with Gasteiger partial charge in [0.15, 0.2) is 0 Å². The molecule has 0 aromatic heterocycles. The number of hydrogen-bond donors (Lipinski definition) is 2. The number of nitrogens with two attached hydrogens (primary N) is 2. The molecule has 0 saturated carbocycles. The molecule has 0 radical (unpaired) electrons. The second kappa shape index (κ2) is 10.8. The molecule has 0 atom stereocenters. The minimum absolute atomic E-state index is 0.0351. The molecule has 0 rings (SSSR count). The Morgan fingerprint density at radius 1 is 0.800 bits per heavy atom. The number of rotatable bonds is 9. The maximum Gasteiger partial charge on any atom is 0.306 e. The lowest BCUT2D eigenvalue weighted by Gasteiger charge is -2.06. The quantitative estimate of drug-likeness (QED) is 0.206. The van der Waals surface area contributed by atoms with E-state index in [0.717, 1.165) is 0 Å². The third-order valence-electron chi connectivity index (χ3n) is 2.43. The van der Waals surface area contributed by atoms with Gasteiger partial charge in [0.2, 0.25) is 0 Å². The Morgan fingerprint density at radius 2 is 1.15 bits per heavy atom. The van der Waals surface area contributed by atoms with Gasteiger partial charge in [0.25, 0.3) is 0 Å². The first-order chi connectivity index (χ1) is 9.49. The molecule has 20 heavy (non-hydrogen) atoms. The first-order valence-corrected chi connectivity index (χ1v) is 6.27. The summed E-state index contributed by atoms with van der Waals surface area (Å²) in [5, 5.41) is 6.89. The minimum Gasteiger partial charge on any atom is -0.462 e. The standard InChI is InChI=1S/C12H22N4O4/c1-9(15-13)3-5-11(17)19-7-8-20-12(18)6-4-10(2)16-14/h3-8,13-14H2,1-2H3/b15-9+,16-10+. The lowest BCUT2D eigenvalue weighted by Crippen LogP contribution is -2.15. The number of hydrogen-bond acceptors (Lipinski definition) is 8. The molecule has 8 nitrogen and oxygen atoms in total. The number of esters is 2. The Kier molecular flexibility index (Phi) is 9.63. The van der Waals surface area contributed by atoms with Gasteiger partial charge in [0, 0.05) is 11.4 Å². The fourth-order valence-corrected chi connectivity index (χ4v) is 1.15. The van der Waals surface area contributed by atoms with Crippen LogP contribution in [0.1, 0.15) is 39.5 Å². The van der Waals surface area contributed by atoms with Gasteiger partial charge in [-0.15, -0.1) is 0 Å². The van der Waals surface area contributed by atoms with Crippen LogP contribution in [0.25, 0.3) is 0 Å². The highest BCUT2D eigenvalue weighted by atomic mass is 16.6. The summed E-state index contributed by atoms with van der Waals surface area (Å²) in [5.74, 6) is 9.31. The topological polar surface area (TPSA) is 129 Å². The van der Waals surface area contributed by atoms with E-state index < -0.39 is 0 Å². The van der Waals surface area contributed by atoms with Crippen molar-refractivity contribution in [3.63, 3.8) is 0 Å². The average molecular weight is 286 g/mol. The van der Waals surface area contributed by atoms with Gasteiger partial charge in [-0.1, -0.05) is 0 Å². The Bertz CT molecular complexity index is 344. The van der Waals surface area contributed by atoms with E-state index in [9.17, 15) is 9.59 Å². The van der Waals surface area contributed by atoms with E-state index in [1.54, 1.807) is 13.8 Å². The highest BCUT2D eigenvalue weighted by Crippen LogP contribution is 1.97. The van der Waals surface area contributed by atoms with Gasteiger partial charge in [-0.3, -0.25) is 9.59 Å². The summed E-state index contributed by atoms with van der Waals surface area (Å²) in [4.78, 5) is 22.5. The van der Waals surface area contributed by atoms with Crippen molar-refractivity contribution < 1.29 is 19.1 Å². The molecule has 0 heterocycles. The zero-order chi connectivity index (χ0) is 15.4. The second-order valence-electron chi connectivity index (χ2n) is 4.17. The molecule has 0 bridgehead atoms. The van der Waals surface area contributed by atoms with Crippen LogP contribution in [0, 0.1) is 0 Å². The summed E-state index contributed by atoms with van der Waals surface area (Å²) >= 11 is 0. The largest absolute Gasteiger partial charge is 0.462 e. The normalized spacial score (nSPS) is 12.1. The Balaban J connectivity index is 3.60. The molecule has 0 fully saturated rings. The van der Waals surface area contributed by atoms with Crippen molar-refractivity contribution in [3.8, 4) is 0 Å². The van der Waals surface area contributed by atoms with Crippen LogP contribution in [0.3, 0.4) is 0 Å². The molecule has 0 aliphatic rings. The number of ether oxygens (including phenoxy) is 2. The van der Waals surface area contributed by atoms with Crippen molar-refractivity contribution in [1.29, 1.82) is 0 Å². The van der Waals surface area contributed by atoms with Gasteiger partial charge < -0.3 is 21.2 Å². The SMILES string of the molecule is C/C(CCC(=O)OCCOC(=O)CC/C(C)=N/N)=N\N. The fourth-order valence-electron chi connectivity index (χ4n) is 1.15. The number of carbonyl (C=O) groups excluding carboxylic acids is 2. The van der Waals surface area contributed by atoms with Gasteiger partial charge in [-0.25, -0.2) is 0 Å². The predicted molar refractivity (Wildman–Crippen MR) is 75.0 cm³/mol. The molecule has 0 spiro atoms. The highest BCUT2D eigenvalue weighted by Gasteiger charge is 2.06. The van der Waals surface area contributed by atoms with E-state index in [4.69, 9.17) is 21.2 Å². The van der Waals surface area contributed by atoms with Gasteiger partial charge in [-0.2, -0.15) is 10.2 Å². The monoisotopic (exact) mass is 286 g/mol. The molecule has 0 aliphatic heterocycles. The molecule has 114 valence electrons. The van der Waals surface area contributed by atoms with Crippen LogP contribution in [0.2, 0.25) is 0 Å². The van der Waals surface area contributed by atoms with Crippen LogP contribution >= 0.6 is 0 Å². The van der Waals surface area contributed by atoms with E-state index in [1.807, 2.05) is 0 Å². The van der Waals surface area contributed by atoms with Crippen molar-refractivity contribution in [2.75, 3.05) is 13.2 Å². The highest BCUT2D eigenvalue weighted by molar-refractivity contribution is 5.85. The molecule has 0 unspecified atom stereocenters. The molecule has 0 amide bonds. The smallest absolute Gasteiger partial charge is 0.306 e. The molecular formula is C12H22N4O4. The zero-order valence-electron chi connectivity index (χ0n) is 11.9. The molecule has 0 aliphatic carbocycles. The van der Waals surface area contributed by atoms with E-state index in [-0.39, 0.29) is 38.0 Å². The van der Waals surface area contributed by atoms with Crippen molar-refractivity contribution in [2.45, 2.75) is 39.5 Å². The van der Waals surface area contributed by atoms with E-state index in [0.29, 0.717) is 24.3 Å². The molecule has 4 N–H and O–H groups in total. The molecule has 0 aromatic carbocycles. The molecular weight excluding hydrogens is 264 g/mol. The fraction of sp³-hybridized carbons (Fsp3) is 0.667. The summed E-state index contributed by atoms with van der Waals surface area (Å²) in [6.07, 6.45) is 1.30. The number of nitrogens with zero attached hydrogens (tertiary/aromatic N) is 2. The van der Waals surface area contributed by atoms with Crippen molar-refractivity contribution in [1.82, 2.24) is 0 Å². The minimum atomic E-state index is -0.379. The van der Waals surface area contributed by atoms with Crippen LogP contribution in [-0.2, 0) is 19.1 Å². The maximum absolute atomic E-state index is 11.3. The summed E-state index contributed by atoms with van der Waals surface area (Å²) in [6, 6.07) is 0. The summed E-state index contributed by atoms with van der Waals surface area (Å²) in [6.45, 7) is 3.52. The second-order valence-corrected chi connectivity index (χ2v) is 4.17.